The van der Waals surface area contributed by atoms with Crippen LogP contribution in [0.5, 0.6) is 0 Å². The van der Waals surface area contributed by atoms with Crippen LogP contribution < -0.4 is 0 Å². The van der Waals surface area contributed by atoms with Crippen molar-refractivity contribution >= 4 is 16.9 Å². The molecule has 0 radical (unpaired) electrons. The van der Waals surface area contributed by atoms with Crippen molar-refractivity contribution in [3.05, 3.63) is 59.9 Å². The summed E-state index contributed by atoms with van der Waals surface area (Å²) in [7, 11) is 1.98. The van der Waals surface area contributed by atoms with Crippen molar-refractivity contribution in [2.24, 2.45) is 7.05 Å². The molecule has 29 heavy (non-hydrogen) atoms. The average Bonchev–Trinajstić information content (AvgIpc) is 3.47. The van der Waals surface area contributed by atoms with E-state index in [-0.39, 0.29) is 11.9 Å². The standard InChI is InChI=1S/C21H21N7O/c1-13-23-16-12-15(5-6-17(16)27(13)2)21(29)28-11-3-4-18(28)20-24-19(25-26-20)14-7-9-22-10-8-14/h5-10,12,18H,3-4,11H2,1-2H3,(H,24,25,26). The van der Waals surface area contributed by atoms with Gasteiger partial charge in [-0.2, -0.15) is 5.10 Å². The van der Waals surface area contributed by atoms with Crippen molar-refractivity contribution in [3.63, 3.8) is 0 Å². The molecule has 8 heteroatoms. The van der Waals surface area contributed by atoms with E-state index in [0.717, 1.165) is 41.1 Å². The zero-order valence-corrected chi connectivity index (χ0v) is 16.3. The van der Waals surface area contributed by atoms with E-state index < -0.39 is 0 Å². The van der Waals surface area contributed by atoms with Crippen molar-refractivity contribution < 1.29 is 4.79 Å². The second-order valence-electron chi connectivity index (χ2n) is 7.36. The second-order valence-corrected chi connectivity index (χ2v) is 7.36. The molecule has 1 N–H and O–H groups in total. The van der Waals surface area contributed by atoms with E-state index in [4.69, 9.17) is 0 Å². The third-order valence-electron chi connectivity index (χ3n) is 5.62. The van der Waals surface area contributed by atoms with E-state index >= 15 is 0 Å². The number of nitrogens with zero attached hydrogens (tertiary/aromatic N) is 6. The molecule has 3 aromatic heterocycles. The van der Waals surface area contributed by atoms with Crippen molar-refractivity contribution in [2.45, 2.75) is 25.8 Å². The van der Waals surface area contributed by atoms with E-state index in [0.29, 0.717) is 17.9 Å². The number of benzene rings is 1. The van der Waals surface area contributed by atoms with Gasteiger partial charge in [0, 0.05) is 37.1 Å². The minimum Gasteiger partial charge on any atom is -0.331 e. The molecule has 0 saturated carbocycles. The lowest BCUT2D eigenvalue weighted by Gasteiger charge is -2.23. The Morgan fingerprint density at radius 3 is 2.83 bits per heavy atom. The average molecular weight is 387 g/mol. The molecule has 0 aliphatic carbocycles. The summed E-state index contributed by atoms with van der Waals surface area (Å²) in [4.78, 5) is 28.4. The van der Waals surface area contributed by atoms with Crippen LogP contribution in [0.3, 0.4) is 0 Å². The van der Waals surface area contributed by atoms with Crippen LogP contribution in [0.2, 0.25) is 0 Å². The lowest BCUT2D eigenvalue weighted by Crippen LogP contribution is -2.31. The van der Waals surface area contributed by atoms with Gasteiger partial charge in [0.25, 0.3) is 5.91 Å². The maximum atomic E-state index is 13.3. The Hall–Kier alpha value is -3.55. The zero-order valence-electron chi connectivity index (χ0n) is 16.3. The molecule has 4 aromatic rings. The summed E-state index contributed by atoms with van der Waals surface area (Å²) in [6.07, 6.45) is 5.23. The number of H-pyrrole nitrogens is 1. The highest BCUT2D eigenvalue weighted by Gasteiger charge is 2.33. The summed E-state index contributed by atoms with van der Waals surface area (Å²) in [6, 6.07) is 9.35. The number of hydrogen-bond donors (Lipinski definition) is 1. The molecule has 1 aliphatic rings. The molecular weight excluding hydrogens is 366 g/mol. The van der Waals surface area contributed by atoms with Gasteiger partial charge in [-0.15, -0.1) is 0 Å². The first-order valence-electron chi connectivity index (χ1n) is 9.68. The summed E-state index contributed by atoms with van der Waals surface area (Å²) in [5, 5.41) is 7.37. The first-order valence-corrected chi connectivity index (χ1v) is 9.68. The van der Waals surface area contributed by atoms with Crippen molar-refractivity contribution in [3.8, 4) is 11.4 Å². The van der Waals surface area contributed by atoms with E-state index in [2.05, 4.69) is 25.1 Å². The number of imidazole rings is 1. The van der Waals surface area contributed by atoms with Gasteiger partial charge in [-0.05, 0) is 50.1 Å². The largest absolute Gasteiger partial charge is 0.331 e. The van der Waals surface area contributed by atoms with Gasteiger partial charge >= 0.3 is 0 Å². The molecular formula is C21H21N7O. The van der Waals surface area contributed by atoms with Crippen LogP contribution in [0, 0.1) is 6.92 Å². The summed E-state index contributed by atoms with van der Waals surface area (Å²) in [6.45, 7) is 2.66. The molecule has 1 atom stereocenters. The summed E-state index contributed by atoms with van der Waals surface area (Å²) in [5.74, 6) is 2.26. The topological polar surface area (TPSA) is 92.6 Å². The Kier molecular flexibility index (Phi) is 4.12. The molecule has 8 nitrogen and oxygen atoms in total. The van der Waals surface area contributed by atoms with Gasteiger partial charge in [0.2, 0.25) is 0 Å². The van der Waals surface area contributed by atoms with Gasteiger partial charge in [-0.25, -0.2) is 9.97 Å². The number of rotatable bonds is 3. The molecule has 1 fully saturated rings. The monoisotopic (exact) mass is 387 g/mol. The van der Waals surface area contributed by atoms with Crippen LogP contribution in [0.1, 0.15) is 40.9 Å². The lowest BCUT2D eigenvalue weighted by atomic mass is 10.1. The number of aromatic nitrogens is 6. The van der Waals surface area contributed by atoms with Gasteiger partial charge in [-0.3, -0.25) is 14.9 Å². The van der Waals surface area contributed by atoms with Crippen LogP contribution >= 0.6 is 0 Å². The molecule has 1 amide bonds. The number of likely N-dealkylation sites (tertiary alicyclic amines) is 1. The van der Waals surface area contributed by atoms with Gasteiger partial charge in [0.15, 0.2) is 5.82 Å². The SMILES string of the molecule is Cc1nc2cc(C(=O)N3CCCC3c3nc(-c4ccncc4)n[nH]3)ccc2n1C. The number of nitrogens with one attached hydrogen (secondary N) is 1. The maximum Gasteiger partial charge on any atom is 0.254 e. The highest BCUT2D eigenvalue weighted by Crippen LogP contribution is 2.32. The Morgan fingerprint density at radius 2 is 2.00 bits per heavy atom. The van der Waals surface area contributed by atoms with Crippen molar-refractivity contribution in [1.29, 1.82) is 0 Å². The predicted octanol–water partition coefficient (Wildman–Crippen LogP) is 3.04. The van der Waals surface area contributed by atoms with Gasteiger partial charge in [-0.1, -0.05) is 0 Å². The fourth-order valence-corrected chi connectivity index (χ4v) is 3.97. The van der Waals surface area contributed by atoms with Gasteiger partial charge in [0.05, 0.1) is 17.1 Å². The minimum absolute atomic E-state index is 0.000401. The Balaban J connectivity index is 1.43. The van der Waals surface area contributed by atoms with Crippen LogP contribution in [-0.2, 0) is 7.05 Å². The number of hydrogen-bond acceptors (Lipinski definition) is 5. The van der Waals surface area contributed by atoms with Gasteiger partial charge < -0.3 is 9.47 Å². The third kappa shape index (κ3) is 2.97. The Bertz CT molecular complexity index is 1190. The minimum atomic E-state index is -0.105. The number of aryl methyl sites for hydroxylation is 2. The van der Waals surface area contributed by atoms with Crippen LogP contribution in [0.15, 0.2) is 42.7 Å². The predicted molar refractivity (Wildman–Crippen MR) is 108 cm³/mol. The molecule has 0 bridgehead atoms. The normalized spacial score (nSPS) is 16.6. The molecule has 146 valence electrons. The highest BCUT2D eigenvalue weighted by molar-refractivity contribution is 5.97. The number of aromatic amines is 1. The fraction of sp³-hybridized carbons (Fsp3) is 0.286. The first kappa shape index (κ1) is 17.5. The van der Waals surface area contributed by atoms with E-state index in [1.807, 2.05) is 53.8 Å². The third-order valence-corrected chi connectivity index (χ3v) is 5.62. The van der Waals surface area contributed by atoms with E-state index in [9.17, 15) is 4.79 Å². The molecule has 5 rings (SSSR count). The Morgan fingerprint density at radius 1 is 1.17 bits per heavy atom. The molecule has 0 spiro atoms. The summed E-state index contributed by atoms with van der Waals surface area (Å²) in [5.41, 5.74) is 3.41. The van der Waals surface area contributed by atoms with Crippen LogP contribution in [0.4, 0.5) is 0 Å². The van der Waals surface area contributed by atoms with Crippen LogP contribution in [0.25, 0.3) is 22.4 Å². The number of carbonyl (C=O) groups is 1. The molecule has 4 heterocycles. The fourth-order valence-electron chi connectivity index (χ4n) is 3.97. The van der Waals surface area contributed by atoms with E-state index in [1.165, 1.54) is 0 Å². The molecule has 1 aromatic carbocycles. The second kappa shape index (κ2) is 6.80. The maximum absolute atomic E-state index is 13.3. The molecule has 1 unspecified atom stereocenters. The quantitative estimate of drug-likeness (QED) is 0.583. The highest BCUT2D eigenvalue weighted by atomic mass is 16.2. The van der Waals surface area contributed by atoms with Crippen molar-refractivity contribution in [2.75, 3.05) is 6.54 Å². The zero-order chi connectivity index (χ0) is 20.0. The smallest absolute Gasteiger partial charge is 0.254 e. The van der Waals surface area contributed by atoms with Crippen LogP contribution in [-0.4, -0.2) is 47.1 Å². The summed E-state index contributed by atoms with van der Waals surface area (Å²) < 4.78 is 2.03. The van der Waals surface area contributed by atoms with Gasteiger partial charge in [0.1, 0.15) is 11.6 Å². The summed E-state index contributed by atoms with van der Waals surface area (Å²) >= 11 is 0. The number of carbonyl (C=O) groups excluding carboxylic acids is 1. The van der Waals surface area contributed by atoms with E-state index in [1.54, 1.807) is 12.4 Å². The number of pyridine rings is 1. The molecule has 1 saturated heterocycles. The van der Waals surface area contributed by atoms with Crippen molar-refractivity contribution in [1.82, 2.24) is 34.6 Å². The first-order chi connectivity index (χ1) is 14.1. The number of fused-ring (bicyclic) bond motifs is 1. The number of amides is 1. The Labute approximate surface area is 167 Å². The molecule has 1 aliphatic heterocycles. The lowest BCUT2D eigenvalue weighted by molar-refractivity contribution is 0.0730.